The van der Waals surface area contributed by atoms with Gasteiger partial charge in [-0.1, -0.05) is 18.2 Å². The number of methoxy groups -OCH3 is 1. The Kier molecular flexibility index (Phi) is 7.89. The number of rotatable bonds is 5. The molecule has 1 aliphatic heterocycles. The van der Waals surface area contributed by atoms with Gasteiger partial charge in [0.25, 0.3) is 0 Å². The molecule has 37 heavy (non-hydrogen) atoms. The summed E-state index contributed by atoms with van der Waals surface area (Å²) < 4.78 is 4.69. The molecule has 2 heterocycles. The number of pyridine rings is 1. The molecule has 190 valence electrons. The van der Waals surface area contributed by atoms with Crippen molar-refractivity contribution in [1.29, 1.82) is 0 Å². The van der Waals surface area contributed by atoms with E-state index in [9.17, 15) is 19.2 Å². The van der Waals surface area contributed by atoms with Crippen LogP contribution in [0.1, 0.15) is 16.1 Å². The zero-order valence-electron chi connectivity index (χ0n) is 20.6. The van der Waals surface area contributed by atoms with Crippen molar-refractivity contribution < 1.29 is 23.9 Å². The number of likely N-dealkylation sites (N-methyl/N-ethyl adjacent to an activating group) is 1. The van der Waals surface area contributed by atoms with Gasteiger partial charge in [-0.15, -0.1) is 0 Å². The van der Waals surface area contributed by atoms with Crippen LogP contribution in [-0.4, -0.2) is 78.8 Å². The molecule has 1 fully saturated rings. The van der Waals surface area contributed by atoms with Gasteiger partial charge >= 0.3 is 17.9 Å². The highest BCUT2D eigenvalue weighted by Gasteiger charge is 2.24. The predicted octanol–water partition coefficient (Wildman–Crippen LogP) is 3.02. The zero-order chi connectivity index (χ0) is 26.4. The van der Waals surface area contributed by atoms with Crippen LogP contribution in [0.5, 0.6) is 0 Å². The zero-order valence-corrected chi connectivity index (χ0v) is 20.6. The number of ketones is 1. The molecule has 0 bridgehead atoms. The molecule has 0 saturated carbocycles. The molecule has 0 atom stereocenters. The third-order valence-corrected chi connectivity index (χ3v) is 5.98. The first-order chi connectivity index (χ1) is 17.8. The van der Waals surface area contributed by atoms with E-state index in [4.69, 9.17) is 0 Å². The van der Waals surface area contributed by atoms with Crippen molar-refractivity contribution >= 4 is 52.0 Å². The van der Waals surface area contributed by atoms with E-state index in [-0.39, 0.29) is 5.78 Å². The summed E-state index contributed by atoms with van der Waals surface area (Å²) in [5.74, 6) is -1.55. The number of fused-ring (bicyclic) bond motifs is 1. The van der Waals surface area contributed by atoms with Crippen LogP contribution in [0.2, 0.25) is 0 Å². The fourth-order valence-electron chi connectivity index (χ4n) is 3.86. The summed E-state index contributed by atoms with van der Waals surface area (Å²) in [4.78, 5) is 57.3. The first-order valence-electron chi connectivity index (χ1n) is 11.7. The molecule has 0 unspecified atom stereocenters. The van der Waals surface area contributed by atoms with Gasteiger partial charge in [0.1, 0.15) is 0 Å². The summed E-state index contributed by atoms with van der Waals surface area (Å²) in [6.45, 7) is 2.46. The number of nitrogens with zero attached hydrogens (tertiary/aromatic N) is 3. The summed E-state index contributed by atoms with van der Waals surface area (Å²) in [6, 6.07) is 15.2. The van der Waals surface area contributed by atoms with E-state index in [1.807, 2.05) is 25.2 Å². The summed E-state index contributed by atoms with van der Waals surface area (Å²) in [5.41, 5.74) is 2.45. The van der Waals surface area contributed by atoms with E-state index >= 15 is 0 Å². The van der Waals surface area contributed by atoms with Gasteiger partial charge in [0, 0.05) is 42.8 Å². The Balaban J connectivity index is 1.42. The van der Waals surface area contributed by atoms with Gasteiger partial charge in [-0.2, -0.15) is 0 Å². The Morgan fingerprint density at radius 2 is 1.65 bits per heavy atom. The molecule has 4 rings (SSSR count). The number of hydrogen-bond acceptors (Lipinski definition) is 7. The molecule has 1 aromatic heterocycles. The molecule has 10 nitrogen and oxygen atoms in total. The number of hydrogen-bond donors (Lipinski definition) is 2. The van der Waals surface area contributed by atoms with Gasteiger partial charge in [0.05, 0.1) is 24.0 Å². The normalized spacial score (nSPS) is 13.9. The fraction of sp³-hybridized carbons (Fsp3) is 0.222. The number of carbonyl (C=O) groups is 4. The van der Waals surface area contributed by atoms with Crippen molar-refractivity contribution in [1.82, 2.24) is 14.8 Å². The number of carbonyl (C=O) groups excluding carboxylic acids is 4. The largest absolute Gasteiger partial charge is 0.453 e. The van der Waals surface area contributed by atoms with Gasteiger partial charge < -0.3 is 19.9 Å². The molecule has 3 aromatic rings. The van der Waals surface area contributed by atoms with Crippen LogP contribution in [0.15, 0.2) is 60.7 Å². The molecule has 1 saturated heterocycles. The molecule has 0 aliphatic carbocycles. The third-order valence-electron chi connectivity index (χ3n) is 5.98. The summed E-state index contributed by atoms with van der Waals surface area (Å²) >= 11 is 0. The average Bonchev–Trinajstić information content (AvgIpc) is 2.92. The lowest BCUT2D eigenvalue weighted by molar-refractivity contribution is -0.144. The van der Waals surface area contributed by atoms with Gasteiger partial charge in [0.15, 0.2) is 5.78 Å². The lowest BCUT2D eigenvalue weighted by Gasteiger charge is -2.31. The van der Waals surface area contributed by atoms with E-state index in [1.165, 1.54) is 18.1 Å². The van der Waals surface area contributed by atoms with Crippen molar-refractivity contribution in [2.75, 3.05) is 51.0 Å². The van der Waals surface area contributed by atoms with Crippen LogP contribution in [0, 0.1) is 0 Å². The molecule has 3 amide bonds. The minimum atomic E-state index is -0.706. The third kappa shape index (κ3) is 6.36. The molecule has 0 spiro atoms. The fourth-order valence-corrected chi connectivity index (χ4v) is 3.86. The maximum atomic E-state index is 12.7. The highest BCUT2D eigenvalue weighted by molar-refractivity contribution is 6.39. The van der Waals surface area contributed by atoms with Crippen LogP contribution >= 0.6 is 0 Å². The average molecular weight is 502 g/mol. The van der Waals surface area contributed by atoms with Crippen molar-refractivity contribution in [2.45, 2.75) is 0 Å². The molecular weight excluding hydrogens is 474 g/mol. The van der Waals surface area contributed by atoms with Crippen LogP contribution in [-0.2, 0) is 14.3 Å². The maximum absolute atomic E-state index is 12.7. The molecule has 1 aliphatic rings. The van der Waals surface area contributed by atoms with Gasteiger partial charge in [-0.3, -0.25) is 19.7 Å². The van der Waals surface area contributed by atoms with Crippen LogP contribution < -0.4 is 10.6 Å². The molecule has 0 radical (unpaired) electrons. The Bertz CT molecular complexity index is 1360. The second kappa shape index (κ2) is 11.4. The number of ether oxygens (including phenoxy) is 1. The smallest absolute Gasteiger partial charge is 0.411 e. The van der Waals surface area contributed by atoms with Gasteiger partial charge in [0.2, 0.25) is 0 Å². The number of aromatic nitrogens is 1. The number of allylic oxidation sites excluding steroid dienone is 1. The number of anilines is 2. The Labute approximate surface area is 213 Å². The number of benzene rings is 2. The highest BCUT2D eigenvalue weighted by atomic mass is 16.5. The standard InChI is InChI=1S/C27H27N5O5/c1-31-13-15-32(16-14-31)26(35)25(34)29-19-9-7-18(8-10-19)24(33)12-11-20-17-23(30-27(36)37-2)21-5-3-4-6-22(21)28-20/h3-12,17H,13-16H2,1-2H3,(H,29,34)(H,28,30,36)/b12-11+. The number of para-hydroxylation sites is 1. The first kappa shape index (κ1) is 25.5. The number of piperazine rings is 1. The van der Waals surface area contributed by atoms with Crippen LogP contribution in [0.4, 0.5) is 16.2 Å². The molecule has 2 N–H and O–H groups in total. The highest BCUT2D eigenvalue weighted by Crippen LogP contribution is 2.24. The minimum Gasteiger partial charge on any atom is -0.453 e. The minimum absolute atomic E-state index is 0.274. The number of nitrogens with one attached hydrogen (secondary N) is 2. The second-order valence-electron chi connectivity index (χ2n) is 8.55. The van der Waals surface area contributed by atoms with Crippen molar-refractivity contribution in [3.8, 4) is 0 Å². The number of amides is 3. The quantitative estimate of drug-likeness (QED) is 0.313. The summed E-state index contributed by atoms with van der Waals surface area (Å²) in [6.07, 6.45) is 2.32. The van der Waals surface area contributed by atoms with Crippen molar-refractivity contribution in [3.63, 3.8) is 0 Å². The van der Waals surface area contributed by atoms with Gasteiger partial charge in [-0.05, 0) is 55.6 Å². The SMILES string of the molecule is COC(=O)Nc1cc(/C=C/C(=O)c2ccc(NC(=O)C(=O)N3CCN(C)CC3)cc2)nc2ccccc12. The van der Waals surface area contributed by atoms with Crippen LogP contribution in [0.25, 0.3) is 17.0 Å². The maximum Gasteiger partial charge on any atom is 0.411 e. The second-order valence-corrected chi connectivity index (χ2v) is 8.55. The van der Waals surface area contributed by atoms with E-state index in [0.29, 0.717) is 41.2 Å². The predicted molar refractivity (Wildman–Crippen MR) is 140 cm³/mol. The Morgan fingerprint density at radius 3 is 2.35 bits per heavy atom. The topological polar surface area (TPSA) is 121 Å². The van der Waals surface area contributed by atoms with Crippen LogP contribution in [0.3, 0.4) is 0 Å². The van der Waals surface area contributed by atoms with Gasteiger partial charge in [-0.25, -0.2) is 9.78 Å². The van der Waals surface area contributed by atoms with Crippen molar-refractivity contribution in [2.24, 2.45) is 0 Å². The van der Waals surface area contributed by atoms with E-state index in [0.717, 1.165) is 18.5 Å². The molecular formula is C27H27N5O5. The Morgan fingerprint density at radius 1 is 0.946 bits per heavy atom. The lowest BCUT2D eigenvalue weighted by atomic mass is 10.1. The van der Waals surface area contributed by atoms with Crippen molar-refractivity contribution in [3.05, 3.63) is 71.9 Å². The summed E-state index contributed by atoms with van der Waals surface area (Å²) in [7, 11) is 3.25. The van der Waals surface area contributed by atoms with E-state index in [2.05, 4.69) is 25.3 Å². The summed E-state index contributed by atoms with van der Waals surface area (Å²) in [5, 5.41) is 5.99. The monoisotopic (exact) mass is 501 g/mol. The molecule has 2 aromatic carbocycles. The van der Waals surface area contributed by atoms with E-state index < -0.39 is 17.9 Å². The molecule has 10 heteroatoms. The lowest BCUT2D eigenvalue weighted by Crippen LogP contribution is -2.50. The Hall–Kier alpha value is -4.57. The first-order valence-corrected chi connectivity index (χ1v) is 11.7. The van der Waals surface area contributed by atoms with E-state index in [1.54, 1.807) is 42.5 Å².